The van der Waals surface area contributed by atoms with E-state index in [9.17, 15) is 23.1 Å². The third-order valence-electron chi connectivity index (χ3n) is 4.06. The minimum absolute atomic E-state index is 0.0464. The van der Waals surface area contributed by atoms with E-state index < -0.39 is 30.0 Å². The molecule has 7 nitrogen and oxygen atoms in total. The van der Waals surface area contributed by atoms with Crippen LogP contribution in [-0.4, -0.2) is 39.9 Å². The van der Waals surface area contributed by atoms with Crippen LogP contribution in [0.3, 0.4) is 0 Å². The van der Waals surface area contributed by atoms with E-state index >= 15 is 0 Å². The van der Waals surface area contributed by atoms with E-state index in [0.29, 0.717) is 11.2 Å². The summed E-state index contributed by atoms with van der Waals surface area (Å²) in [6, 6.07) is 7.82. The highest BCUT2D eigenvalue weighted by Gasteiger charge is 2.30. The van der Waals surface area contributed by atoms with Gasteiger partial charge in [-0.25, -0.2) is 0 Å². The molecule has 0 saturated carbocycles. The molecule has 0 bridgehead atoms. The zero-order chi connectivity index (χ0) is 21.0. The summed E-state index contributed by atoms with van der Waals surface area (Å²) in [6.45, 7) is 1.69. The number of benzene rings is 1. The molecule has 3 rings (SSSR count). The molecule has 4 N–H and O–H groups in total. The average Bonchev–Trinajstić information content (AvgIpc) is 3.09. The zero-order valence-electron chi connectivity index (χ0n) is 15.3. The maximum atomic E-state index is 12.6. The molecule has 2 atom stereocenters. The lowest BCUT2D eigenvalue weighted by Crippen LogP contribution is -2.43. The Morgan fingerprint density at radius 2 is 2.00 bits per heavy atom. The topological polar surface area (TPSA) is 99.3 Å². The minimum atomic E-state index is -4.42. The molecule has 154 valence electrons. The van der Waals surface area contributed by atoms with Crippen LogP contribution in [0.5, 0.6) is 5.75 Å². The number of aliphatic hydroxyl groups is 1. The Hall–Kier alpha value is -3.27. The van der Waals surface area contributed by atoms with Gasteiger partial charge in [-0.15, -0.1) is 0 Å². The number of carbonyl (C=O) groups excluding carboxylic acids is 1. The summed E-state index contributed by atoms with van der Waals surface area (Å²) in [5, 5.41) is 15.2. The smallest absolute Gasteiger partial charge is 0.416 e. The monoisotopic (exact) mass is 408 g/mol. The highest BCUT2D eigenvalue weighted by Crippen LogP contribution is 2.30. The van der Waals surface area contributed by atoms with E-state index in [1.807, 2.05) is 0 Å². The van der Waals surface area contributed by atoms with Crippen LogP contribution in [0.15, 0.2) is 48.8 Å². The Morgan fingerprint density at radius 1 is 1.28 bits per heavy atom. The molecule has 0 aliphatic rings. The molecule has 0 aliphatic carbocycles. The molecular formula is C19H19F3N4O3. The summed E-state index contributed by atoms with van der Waals surface area (Å²) in [4.78, 5) is 19.2. The number of nitrogens with one attached hydrogen (secondary N) is 3. The van der Waals surface area contributed by atoms with Gasteiger partial charge in [-0.05, 0) is 43.3 Å². The second-order valence-electron chi connectivity index (χ2n) is 6.34. The molecule has 2 aromatic heterocycles. The number of pyridine rings is 1. The van der Waals surface area contributed by atoms with Gasteiger partial charge in [0.2, 0.25) is 6.23 Å². The molecule has 3 aromatic rings. The van der Waals surface area contributed by atoms with Crippen molar-refractivity contribution < 1.29 is 27.8 Å². The number of H-pyrrole nitrogens is 1. The van der Waals surface area contributed by atoms with Crippen LogP contribution >= 0.6 is 0 Å². The van der Waals surface area contributed by atoms with Crippen molar-refractivity contribution in [2.75, 3.05) is 11.9 Å². The van der Waals surface area contributed by atoms with E-state index in [1.54, 1.807) is 31.5 Å². The summed E-state index contributed by atoms with van der Waals surface area (Å²) in [5.41, 5.74) is 1.03. The van der Waals surface area contributed by atoms with Crippen molar-refractivity contribution in [1.29, 1.82) is 0 Å². The largest absolute Gasteiger partial charge is 0.489 e. The molecule has 10 heteroatoms. The van der Waals surface area contributed by atoms with Gasteiger partial charge in [0.25, 0.3) is 5.91 Å². The Morgan fingerprint density at radius 3 is 2.69 bits per heavy atom. The quantitative estimate of drug-likeness (QED) is 0.451. The van der Waals surface area contributed by atoms with Gasteiger partial charge in [0.1, 0.15) is 17.4 Å². The van der Waals surface area contributed by atoms with Crippen LogP contribution in [0.1, 0.15) is 12.5 Å². The fourth-order valence-electron chi connectivity index (χ4n) is 2.62. The van der Waals surface area contributed by atoms with Crippen molar-refractivity contribution >= 4 is 22.6 Å². The first-order valence-electron chi connectivity index (χ1n) is 8.72. The molecule has 0 spiro atoms. The highest BCUT2D eigenvalue weighted by atomic mass is 19.4. The number of anilines is 1. The highest BCUT2D eigenvalue weighted by molar-refractivity contribution is 5.91. The number of carbonyl (C=O) groups is 1. The number of rotatable bonds is 7. The Labute approximate surface area is 163 Å². The van der Waals surface area contributed by atoms with E-state index in [-0.39, 0.29) is 12.3 Å². The third-order valence-corrected chi connectivity index (χ3v) is 4.06. The molecule has 0 saturated heterocycles. The average molecular weight is 408 g/mol. The molecule has 2 unspecified atom stereocenters. The van der Waals surface area contributed by atoms with E-state index in [0.717, 1.165) is 17.6 Å². The van der Waals surface area contributed by atoms with E-state index in [2.05, 4.69) is 20.6 Å². The van der Waals surface area contributed by atoms with Crippen molar-refractivity contribution in [3.63, 3.8) is 0 Å². The second-order valence-corrected chi connectivity index (χ2v) is 6.34. The Kier molecular flexibility index (Phi) is 5.92. The van der Waals surface area contributed by atoms with Gasteiger partial charge in [0.05, 0.1) is 23.3 Å². The van der Waals surface area contributed by atoms with Crippen LogP contribution in [0.25, 0.3) is 11.0 Å². The fourth-order valence-corrected chi connectivity index (χ4v) is 2.62. The standard InChI is InChI=1S/C19H19F3N4O3/c1-11(29-13-6-4-12(5-7-13)19(20,21)22)9-25-17(27)18(28)26-15-10-24-14-3-2-8-23-16(14)15/h2-8,10-11,18,24,26,28H,9H2,1H3,(H,25,27). The Balaban J connectivity index is 1.49. The van der Waals surface area contributed by atoms with Crippen molar-refractivity contribution in [1.82, 2.24) is 15.3 Å². The van der Waals surface area contributed by atoms with Gasteiger partial charge in [-0.1, -0.05) is 0 Å². The van der Waals surface area contributed by atoms with Crippen molar-refractivity contribution in [3.8, 4) is 5.75 Å². The van der Waals surface area contributed by atoms with Gasteiger partial charge in [0, 0.05) is 12.4 Å². The molecule has 29 heavy (non-hydrogen) atoms. The number of hydrogen-bond donors (Lipinski definition) is 4. The van der Waals surface area contributed by atoms with Gasteiger partial charge in [-0.3, -0.25) is 9.78 Å². The first-order valence-corrected chi connectivity index (χ1v) is 8.72. The number of alkyl halides is 3. The van der Waals surface area contributed by atoms with Gasteiger partial charge < -0.3 is 25.5 Å². The molecule has 0 aliphatic heterocycles. The first-order chi connectivity index (χ1) is 13.7. The van der Waals surface area contributed by atoms with Gasteiger partial charge in [0.15, 0.2) is 0 Å². The van der Waals surface area contributed by atoms with Crippen molar-refractivity contribution in [2.45, 2.75) is 25.4 Å². The fraction of sp³-hybridized carbons (Fsp3) is 0.263. The number of halogens is 3. The van der Waals surface area contributed by atoms with Crippen LogP contribution in [0.2, 0.25) is 0 Å². The Bertz CT molecular complexity index is 973. The van der Waals surface area contributed by atoms with E-state index in [1.165, 1.54) is 12.1 Å². The van der Waals surface area contributed by atoms with Crippen molar-refractivity contribution in [2.24, 2.45) is 0 Å². The lowest BCUT2D eigenvalue weighted by atomic mass is 10.2. The van der Waals surface area contributed by atoms with Crippen LogP contribution < -0.4 is 15.4 Å². The van der Waals surface area contributed by atoms with Crippen LogP contribution in [0.4, 0.5) is 18.9 Å². The molecular weight excluding hydrogens is 389 g/mol. The normalized spacial score (nSPS) is 13.7. The number of aromatic amines is 1. The number of aromatic nitrogens is 2. The lowest BCUT2D eigenvalue weighted by molar-refractivity contribution is -0.137. The second kappa shape index (κ2) is 8.39. The number of aliphatic hydroxyl groups excluding tert-OH is 1. The van der Waals surface area contributed by atoms with Gasteiger partial charge >= 0.3 is 6.18 Å². The number of ether oxygens (including phenoxy) is 1. The predicted octanol–water partition coefficient (Wildman–Crippen LogP) is 2.90. The number of fused-ring (bicyclic) bond motifs is 1. The summed E-state index contributed by atoms with van der Waals surface area (Å²) in [7, 11) is 0. The van der Waals surface area contributed by atoms with E-state index in [4.69, 9.17) is 4.74 Å². The number of amides is 1. The lowest BCUT2D eigenvalue weighted by Gasteiger charge is -2.18. The summed E-state index contributed by atoms with van der Waals surface area (Å²) >= 11 is 0. The molecule has 2 heterocycles. The first kappa shape index (κ1) is 20.5. The molecule has 0 radical (unpaired) electrons. The molecule has 1 amide bonds. The molecule has 0 fully saturated rings. The maximum absolute atomic E-state index is 12.6. The number of hydrogen-bond acceptors (Lipinski definition) is 5. The van der Waals surface area contributed by atoms with Crippen LogP contribution in [-0.2, 0) is 11.0 Å². The third kappa shape index (κ3) is 5.17. The minimum Gasteiger partial charge on any atom is -0.489 e. The SMILES string of the molecule is CC(CNC(=O)C(O)Nc1c[nH]c2cccnc12)Oc1ccc(C(F)(F)F)cc1. The maximum Gasteiger partial charge on any atom is 0.416 e. The van der Waals surface area contributed by atoms with Crippen molar-refractivity contribution in [3.05, 3.63) is 54.4 Å². The summed E-state index contributed by atoms with van der Waals surface area (Å²) in [5.74, 6) is -0.443. The predicted molar refractivity (Wildman–Crippen MR) is 100 cm³/mol. The number of nitrogens with zero attached hydrogens (tertiary/aromatic N) is 1. The van der Waals surface area contributed by atoms with Crippen LogP contribution in [0, 0.1) is 0 Å². The van der Waals surface area contributed by atoms with Gasteiger partial charge in [-0.2, -0.15) is 13.2 Å². The summed E-state index contributed by atoms with van der Waals surface area (Å²) in [6.07, 6.45) is -3.29. The zero-order valence-corrected chi connectivity index (χ0v) is 15.3. The summed E-state index contributed by atoms with van der Waals surface area (Å²) < 4.78 is 43.2. The molecule has 1 aromatic carbocycles.